The molecular formula is C8H19NO3. The lowest BCUT2D eigenvalue weighted by Crippen LogP contribution is -2.29. The highest BCUT2D eigenvalue weighted by Crippen LogP contribution is 1.84. The minimum Gasteiger partial charge on any atom is -0.453 e. The fraction of sp³-hybridized carbons (Fsp3) is 0.875. The molecule has 0 aliphatic heterocycles. The number of nitrogens with zero attached hydrogens (tertiary/aromatic N) is 1. The van der Waals surface area contributed by atoms with Gasteiger partial charge in [0.2, 0.25) is 0 Å². The summed E-state index contributed by atoms with van der Waals surface area (Å²) in [5.41, 5.74) is 0. The molecule has 4 nitrogen and oxygen atoms in total. The highest BCUT2D eigenvalue weighted by Gasteiger charge is 2.04. The number of carbonyl (C=O) groups excluding carboxylic acids is 1. The number of rotatable bonds is 2. The normalized spacial score (nSPS) is 8.08. The molecule has 0 saturated heterocycles. The van der Waals surface area contributed by atoms with Gasteiger partial charge in [0.25, 0.3) is 0 Å². The molecule has 4 heteroatoms. The molecule has 0 fully saturated rings. The molecule has 0 atom stereocenters. The van der Waals surface area contributed by atoms with Crippen LogP contribution in [0.5, 0.6) is 0 Å². The van der Waals surface area contributed by atoms with Crippen molar-refractivity contribution < 1.29 is 14.6 Å². The average Bonchev–Trinajstić information content (AvgIpc) is 2.05. The Balaban J connectivity index is 0. The van der Waals surface area contributed by atoms with Crippen LogP contribution in [0.4, 0.5) is 4.79 Å². The van der Waals surface area contributed by atoms with E-state index < -0.39 is 6.09 Å². The standard InChI is InChI=1S/C5H11NO3.C3H8/c1-6(3-4-7)5(8)9-2;1-3-2/h7H,3-4H2,1-2H3;3H2,1-2H3. The zero-order valence-electron chi connectivity index (χ0n) is 8.33. The second-order valence-corrected chi connectivity index (χ2v) is 2.32. The van der Waals surface area contributed by atoms with Gasteiger partial charge < -0.3 is 14.7 Å². The summed E-state index contributed by atoms with van der Waals surface area (Å²) in [6, 6.07) is 0. The van der Waals surface area contributed by atoms with E-state index in [1.165, 1.54) is 18.4 Å². The molecule has 0 bridgehead atoms. The second kappa shape index (κ2) is 10.2. The summed E-state index contributed by atoms with van der Waals surface area (Å²) in [4.78, 5) is 11.8. The number of amides is 1. The molecule has 1 N–H and O–H groups in total. The molecule has 0 rings (SSSR count). The zero-order chi connectivity index (χ0) is 9.98. The smallest absolute Gasteiger partial charge is 0.409 e. The van der Waals surface area contributed by atoms with Crippen LogP contribution < -0.4 is 0 Å². The Labute approximate surface area is 74.1 Å². The number of likely N-dealkylation sites (N-methyl/N-ethyl adjacent to an activating group) is 1. The van der Waals surface area contributed by atoms with Crippen molar-refractivity contribution >= 4 is 6.09 Å². The largest absolute Gasteiger partial charge is 0.453 e. The quantitative estimate of drug-likeness (QED) is 0.687. The zero-order valence-corrected chi connectivity index (χ0v) is 8.33. The molecule has 0 aliphatic carbocycles. The number of carbonyl (C=O) groups is 1. The SMILES string of the molecule is CCC.COC(=O)N(C)CCO. The number of hydrogen-bond donors (Lipinski definition) is 1. The summed E-state index contributed by atoms with van der Waals surface area (Å²) >= 11 is 0. The van der Waals surface area contributed by atoms with Crippen molar-refractivity contribution in [1.82, 2.24) is 4.90 Å². The second-order valence-electron chi connectivity index (χ2n) is 2.32. The maximum absolute atomic E-state index is 10.5. The van der Waals surface area contributed by atoms with Crippen molar-refractivity contribution in [2.24, 2.45) is 0 Å². The molecule has 0 radical (unpaired) electrons. The van der Waals surface area contributed by atoms with Crippen LogP contribution >= 0.6 is 0 Å². The average molecular weight is 177 g/mol. The van der Waals surface area contributed by atoms with Crippen LogP contribution in [0.1, 0.15) is 20.3 Å². The van der Waals surface area contributed by atoms with Crippen LogP contribution in [0.2, 0.25) is 0 Å². The Morgan fingerprint density at radius 2 is 1.92 bits per heavy atom. The van der Waals surface area contributed by atoms with Crippen LogP contribution in [-0.2, 0) is 4.74 Å². The first kappa shape index (κ1) is 13.8. The minimum atomic E-state index is -0.427. The summed E-state index contributed by atoms with van der Waals surface area (Å²) in [6.45, 7) is 4.53. The maximum Gasteiger partial charge on any atom is 0.409 e. The first-order valence-corrected chi connectivity index (χ1v) is 4.03. The summed E-state index contributed by atoms with van der Waals surface area (Å²) in [5.74, 6) is 0. The van der Waals surface area contributed by atoms with Gasteiger partial charge in [0, 0.05) is 13.6 Å². The molecule has 12 heavy (non-hydrogen) atoms. The van der Waals surface area contributed by atoms with Gasteiger partial charge in [-0.05, 0) is 0 Å². The lowest BCUT2D eigenvalue weighted by Gasteiger charge is -2.12. The number of hydrogen-bond acceptors (Lipinski definition) is 3. The third-order valence-corrected chi connectivity index (χ3v) is 0.922. The van der Waals surface area contributed by atoms with Gasteiger partial charge in [0.05, 0.1) is 13.7 Å². The molecule has 1 amide bonds. The van der Waals surface area contributed by atoms with E-state index in [0.717, 1.165) is 0 Å². The first-order chi connectivity index (χ1) is 5.63. The summed E-state index contributed by atoms with van der Waals surface area (Å²) in [7, 11) is 2.86. The Bertz CT molecular complexity index is 106. The number of methoxy groups -OCH3 is 1. The van der Waals surface area contributed by atoms with E-state index in [4.69, 9.17) is 5.11 Å². The molecule has 0 saturated carbocycles. The van der Waals surface area contributed by atoms with Crippen LogP contribution in [-0.4, -0.2) is 43.4 Å². The van der Waals surface area contributed by atoms with E-state index >= 15 is 0 Å². The summed E-state index contributed by atoms with van der Waals surface area (Å²) < 4.78 is 4.34. The van der Waals surface area contributed by atoms with Crippen LogP contribution in [0.25, 0.3) is 0 Å². The fourth-order valence-electron chi connectivity index (χ4n) is 0.397. The monoisotopic (exact) mass is 177 g/mol. The van der Waals surface area contributed by atoms with E-state index in [1.54, 1.807) is 7.05 Å². The van der Waals surface area contributed by atoms with Gasteiger partial charge >= 0.3 is 6.09 Å². The maximum atomic E-state index is 10.5. The van der Waals surface area contributed by atoms with E-state index in [1.807, 2.05) is 0 Å². The molecule has 0 unspecified atom stereocenters. The van der Waals surface area contributed by atoms with Crippen molar-refractivity contribution in [2.75, 3.05) is 27.3 Å². The Morgan fingerprint density at radius 1 is 1.50 bits per heavy atom. The molecule has 0 aromatic carbocycles. The van der Waals surface area contributed by atoms with Crippen molar-refractivity contribution in [3.8, 4) is 0 Å². The van der Waals surface area contributed by atoms with Gasteiger partial charge in [-0.15, -0.1) is 0 Å². The van der Waals surface area contributed by atoms with Gasteiger partial charge in [-0.25, -0.2) is 4.79 Å². The Morgan fingerprint density at radius 3 is 2.17 bits per heavy atom. The highest BCUT2D eigenvalue weighted by atomic mass is 16.5. The van der Waals surface area contributed by atoms with Crippen molar-refractivity contribution in [2.45, 2.75) is 20.3 Å². The Hall–Kier alpha value is -0.770. The summed E-state index contributed by atoms with van der Waals surface area (Å²) in [6.07, 6.45) is 0.823. The van der Waals surface area contributed by atoms with E-state index in [2.05, 4.69) is 18.6 Å². The number of ether oxygens (including phenoxy) is 1. The van der Waals surface area contributed by atoms with Crippen molar-refractivity contribution in [1.29, 1.82) is 0 Å². The molecule has 0 heterocycles. The molecule has 0 aromatic heterocycles. The number of aliphatic hydroxyl groups excluding tert-OH is 1. The van der Waals surface area contributed by atoms with E-state index in [9.17, 15) is 4.79 Å². The van der Waals surface area contributed by atoms with Gasteiger partial charge in [-0.1, -0.05) is 20.3 Å². The van der Waals surface area contributed by atoms with Crippen molar-refractivity contribution in [3.05, 3.63) is 0 Å². The minimum absolute atomic E-state index is 0.0361. The van der Waals surface area contributed by atoms with Crippen molar-refractivity contribution in [3.63, 3.8) is 0 Å². The lowest BCUT2D eigenvalue weighted by molar-refractivity contribution is 0.124. The van der Waals surface area contributed by atoms with Gasteiger partial charge in [-0.2, -0.15) is 0 Å². The lowest BCUT2D eigenvalue weighted by atomic mass is 10.6. The van der Waals surface area contributed by atoms with E-state index in [0.29, 0.717) is 6.54 Å². The molecular weight excluding hydrogens is 158 g/mol. The van der Waals surface area contributed by atoms with Crippen LogP contribution in [0.3, 0.4) is 0 Å². The summed E-state index contributed by atoms with van der Waals surface area (Å²) in [5, 5.41) is 8.33. The molecule has 0 spiro atoms. The first-order valence-electron chi connectivity index (χ1n) is 4.03. The number of aliphatic hydroxyl groups is 1. The molecule has 74 valence electrons. The Kier molecular flexibility index (Phi) is 11.8. The third kappa shape index (κ3) is 9.23. The van der Waals surface area contributed by atoms with Gasteiger partial charge in [0.1, 0.15) is 0 Å². The predicted octanol–water partition coefficient (Wildman–Crippen LogP) is 1.09. The van der Waals surface area contributed by atoms with E-state index in [-0.39, 0.29) is 6.61 Å². The van der Waals surface area contributed by atoms with Crippen LogP contribution in [0, 0.1) is 0 Å². The molecule has 0 aromatic rings. The molecule has 0 aliphatic rings. The fourth-order valence-corrected chi connectivity index (χ4v) is 0.397. The predicted molar refractivity (Wildman–Crippen MR) is 48.1 cm³/mol. The topological polar surface area (TPSA) is 49.8 Å². The van der Waals surface area contributed by atoms with Gasteiger partial charge in [0.15, 0.2) is 0 Å². The van der Waals surface area contributed by atoms with Crippen LogP contribution in [0.15, 0.2) is 0 Å². The highest BCUT2D eigenvalue weighted by molar-refractivity contribution is 5.66. The van der Waals surface area contributed by atoms with Gasteiger partial charge in [-0.3, -0.25) is 0 Å². The third-order valence-electron chi connectivity index (χ3n) is 0.922.